The normalized spacial score (nSPS) is 14.7. The van der Waals surface area contributed by atoms with Crippen molar-refractivity contribution in [3.8, 4) is 23.8 Å². The minimum atomic E-state index is -0.455. The van der Waals surface area contributed by atoms with Crippen LogP contribution in [0.25, 0.3) is 0 Å². The second-order valence-electron chi connectivity index (χ2n) is 7.50. The molecule has 1 aromatic heterocycles. The van der Waals surface area contributed by atoms with Gasteiger partial charge in [0, 0.05) is 25.1 Å². The quantitative estimate of drug-likeness (QED) is 0.329. The van der Waals surface area contributed by atoms with Gasteiger partial charge in [0.25, 0.3) is 5.56 Å². The van der Waals surface area contributed by atoms with Crippen LogP contribution in [0.1, 0.15) is 29.0 Å². The van der Waals surface area contributed by atoms with Gasteiger partial charge in [0.05, 0.1) is 12.7 Å². The number of rotatable bonds is 7. The van der Waals surface area contributed by atoms with Crippen molar-refractivity contribution in [1.29, 1.82) is 0 Å². The van der Waals surface area contributed by atoms with E-state index in [2.05, 4.69) is 16.2 Å². The van der Waals surface area contributed by atoms with E-state index in [-0.39, 0.29) is 24.5 Å². The van der Waals surface area contributed by atoms with Crippen LogP contribution in [0.3, 0.4) is 0 Å². The maximum absolute atomic E-state index is 13.1. The summed E-state index contributed by atoms with van der Waals surface area (Å²) in [6.07, 6.45) is 5.41. The number of amides is 1. The number of benzene rings is 2. The fourth-order valence-corrected chi connectivity index (χ4v) is 4.73. The highest BCUT2D eigenvalue weighted by atomic mass is 32.2. The van der Waals surface area contributed by atoms with Crippen molar-refractivity contribution in [2.45, 2.75) is 23.2 Å². The molecule has 3 aromatic rings. The van der Waals surface area contributed by atoms with Crippen LogP contribution in [-0.2, 0) is 17.6 Å². The maximum Gasteiger partial charge on any atom is 0.279 e. The van der Waals surface area contributed by atoms with E-state index in [1.54, 1.807) is 23.7 Å². The molecule has 0 aliphatic carbocycles. The third kappa shape index (κ3) is 4.73. The zero-order chi connectivity index (χ0) is 23.4. The number of carbonyl (C=O) groups is 1. The zero-order valence-electron chi connectivity index (χ0n) is 18.3. The summed E-state index contributed by atoms with van der Waals surface area (Å²) in [5.41, 5.74) is 1.99. The van der Waals surface area contributed by atoms with Crippen LogP contribution in [0, 0.1) is 12.3 Å². The maximum atomic E-state index is 13.1. The third-order valence-corrected chi connectivity index (χ3v) is 6.51. The highest BCUT2D eigenvalue weighted by Gasteiger charge is 2.32. The summed E-state index contributed by atoms with van der Waals surface area (Å²) in [4.78, 5) is 30.1. The Bertz CT molecular complexity index is 1280. The molecule has 2 aromatic carbocycles. The van der Waals surface area contributed by atoms with Gasteiger partial charge in [-0.2, -0.15) is 4.98 Å². The summed E-state index contributed by atoms with van der Waals surface area (Å²) < 4.78 is 12.7. The van der Waals surface area contributed by atoms with E-state index in [4.69, 9.17) is 15.9 Å². The Kier molecular flexibility index (Phi) is 6.71. The van der Waals surface area contributed by atoms with E-state index in [0.717, 1.165) is 11.1 Å². The van der Waals surface area contributed by atoms with Crippen molar-refractivity contribution in [2.75, 3.05) is 19.0 Å². The largest absolute Gasteiger partial charge is 0.493 e. The lowest BCUT2D eigenvalue weighted by molar-refractivity contribution is -0.116. The summed E-state index contributed by atoms with van der Waals surface area (Å²) in [6, 6.07) is 15.3. The molecule has 0 unspecified atom stereocenters. The van der Waals surface area contributed by atoms with Crippen LogP contribution in [0.4, 0.5) is 5.82 Å². The van der Waals surface area contributed by atoms with Crippen LogP contribution in [0.15, 0.2) is 58.5 Å². The van der Waals surface area contributed by atoms with Crippen molar-refractivity contribution < 1.29 is 14.3 Å². The minimum Gasteiger partial charge on any atom is -0.493 e. The molecule has 1 atom stereocenters. The first-order valence-electron chi connectivity index (χ1n) is 10.3. The van der Waals surface area contributed by atoms with Crippen molar-refractivity contribution in [2.24, 2.45) is 7.05 Å². The fraction of sp³-hybridized carbons (Fsp3) is 0.240. The van der Waals surface area contributed by atoms with Crippen molar-refractivity contribution in [3.05, 3.63) is 75.6 Å². The van der Waals surface area contributed by atoms with Crippen molar-refractivity contribution >= 4 is 23.5 Å². The van der Waals surface area contributed by atoms with E-state index in [9.17, 15) is 9.59 Å². The summed E-state index contributed by atoms with van der Waals surface area (Å²) in [5.74, 6) is 3.91. The number of ether oxygens (including phenoxy) is 2. The standard InChI is InChI=1S/C25H23N3O4S/c1-4-12-32-19-11-10-17(13-20(19)31-3)18-14-21(29)26-23-22(18)24(30)27-25(28(23)2)33-15-16-8-6-5-7-9-16/h1,5-11,13,18H,12,14-15H2,2-3H3,(H,26,29)/t18-/m0/s1. The molecule has 0 saturated heterocycles. The van der Waals surface area contributed by atoms with Crippen LogP contribution < -0.4 is 20.3 Å². The number of nitrogens with zero attached hydrogens (tertiary/aromatic N) is 2. The van der Waals surface area contributed by atoms with Crippen LogP contribution in [0.2, 0.25) is 0 Å². The molecule has 0 bridgehead atoms. The first kappa shape index (κ1) is 22.5. The van der Waals surface area contributed by atoms with Gasteiger partial charge in [0.1, 0.15) is 12.4 Å². The van der Waals surface area contributed by atoms with Crippen molar-refractivity contribution in [3.63, 3.8) is 0 Å². The Labute approximate surface area is 196 Å². The summed E-state index contributed by atoms with van der Waals surface area (Å²) in [5, 5.41) is 3.41. The van der Waals surface area contributed by atoms with Gasteiger partial charge in [-0.1, -0.05) is 54.1 Å². The number of nitrogens with one attached hydrogen (secondary N) is 1. The van der Waals surface area contributed by atoms with Gasteiger partial charge in [0.2, 0.25) is 5.91 Å². The summed E-state index contributed by atoms with van der Waals surface area (Å²) >= 11 is 1.45. The molecule has 1 N–H and O–H groups in total. The van der Waals surface area contributed by atoms with Gasteiger partial charge in [-0.3, -0.25) is 9.59 Å². The number of hydrogen-bond acceptors (Lipinski definition) is 6. The monoisotopic (exact) mass is 461 g/mol. The number of fused-ring (bicyclic) bond motifs is 1. The molecule has 168 valence electrons. The number of thioether (sulfide) groups is 1. The van der Waals surface area contributed by atoms with Gasteiger partial charge in [-0.25, -0.2) is 0 Å². The lowest BCUT2D eigenvalue weighted by atomic mass is 9.86. The number of hydrogen-bond donors (Lipinski definition) is 1. The Morgan fingerprint density at radius 2 is 2.00 bits per heavy atom. The second kappa shape index (κ2) is 9.84. The SMILES string of the molecule is C#CCOc1ccc([C@@H]2CC(=O)Nc3c2c(=O)nc(SCc2ccccc2)n3C)cc1OC. The van der Waals surface area contributed by atoms with E-state index in [0.29, 0.717) is 33.8 Å². The highest BCUT2D eigenvalue weighted by molar-refractivity contribution is 7.98. The Hall–Kier alpha value is -3.70. The molecular formula is C25H23N3O4S. The Morgan fingerprint density at radius 1 is 1.21 bits per heavy atom. The second-order valence-corrected chi connectivity index (χ2v) is 8.45. The predicted octanol–water partition coefficient (Wildman–Crippen LogP) is 3.57. The predicted molar refractivity (Wildman–Crippen MR) is 128 cm³/mol. The number of anilines is 1. The van der Waals surface area contributed by atoms with Gasteiger partial charge >= 0.3 is 0 Å². The van der Waals surface area contributed by atoms with Gasteiger partial charge < -0.3 is 19.4 Å². The molecule has 1 amide bonds. The molecule has 1 aliphatic rings. The minimum absolute atomic E-state index is 0.109. The molecule has 4 rings (SSSR count). The topological polar surface area (TPSA) is 82.5 Å². The van der Waals surface area contributed by atoms with Gasteiger partial charge in [-0.15, -0.1) is 6.42 Å². The summed E-state index contributed by atoms with van der Waals surface area (Å²) in [6.45, 7) is 0.109. The van der Waals surface area contributed by atoms with Gasteiger partial charge in [0.15, 0.2) is 16.7 Å². The van der Waals surface area contributed by atoms with E-state index in [1.165, 1.54) is 18.9 Å². The fourth-order valence-electron chi connectivity index (χ4n) is 3.81. The first-order valence-corrected chi connectivity index (χ1v) is 11.3. The van der Waals surface area contributed by atoms with E-state index >= 15 is 0 Å². The molecule has 33 heavy (non-hydrogen) atoms. The molecular weight excluding hydrogens is 438 g/mol. The third-order valence-electron chi connectivity index (χ3n) is 5.41. The number of methoxy groups -OCH3 is 1. The van der Waals surface area contributed by atoms with Crippen LogP contribution in [-0.4, -0.2) is 29.2 Å². The molecule has 2 heterocycles. The van der Waals surface area contributed by atoms with E-state index < -0.39 is 5.92 Å². The average Bonchev–Trinajstić information content (AvgIpc) is 2.84. The Morgan fingerprint density at radius 3 is 2.73 bits per heavy atom. The molecule has 0 saturated carbocycles. The highest BCUT2D eigenvalue weighted by Crippen LogP contribution is 2.39. The van der Waals surface area contributed by atoms with Crippen molar-refractivity contribution in [1.82, 2.24) is 9.55 Å². The van der Waals surface area contributed by atoms with Crippen LogP contribution in [0.5, 0.6) is 11.5 Å². The molecule has 0 fully saturated rings. The number of aromatic nitrogens is 2. The molecule has 0 spiro atoms. The molecule has 1 aliphatic heterocycles. The molecule has 7 nitrogen and oxygen atoms in total. The lowest BCUT2D eigenvalue weighted by Crippen LogP contribution is -2.33. The lowest BCUT2D eigenvalue weighted by Gasteiger charge is -2.28. The number of terminal acetylenes is 1. The first-order chi connectivity index (χ1) is 16.0. The van der Waals surface area contributed by atoms with E-state index in [1.807, 2.05) is 36.4 Å². The summed E-state index contributed by atoms with van der Waals surface area (Å²) in [7, 11) is 3.33. The number of carbonyl (C=O) groups excluding carboxylic acids is 1. The smallest absolute Gasteiger partial charge is 0.279 e. The zero-order valence-corrected chi connectivity index (χ0v) is 19.1. The Balaban J connectivity index is 1.70. The molecule has 0 radical (unpaired) electrons. The average molecular weight is 462 g/mol. The van der Waals surface area contributed by atoms with Crippen LogP contribution >= 0.6 is 11.8 Å². The van der Waals surface area contributed by atoms with Gasteiger partial charge in [-0.05, 0) is 23.3 Å². The molecule has 8 heteroatoms.